The van der Waals surface area contributed by atoms with E-state index in [-0.39, 0.29) is 29.7 Å². The van der Waals surface area contributed by atoms with Crippen molar-refractivity contribution in [2.75, 3.05) is 19.2 Å². The van der Waals surface area contributed by atoms with Crippen LogP contribution in [0.15, 0.2) is 60.2 Å². The van der Waals surface area contributed by atoms with Crippen molar-refractivity contribution in [2.45, 2.75) is 6.61 Å². The zero-order chi connectivity index (χ0) is 24.1. The first kappa shape index (κ1) is 23.0. The SMILES string of the molecule is COc1cc(/C=C(/C#N)C(=O)Nc2ccccc2F)cc(Cl)c1OCc1ccc2c(c1)OCO2. The van der Waals surface area contributed by atoms with Crippen LogP contribution < -0.4 is 24.3 Å². The Morgan fingerprint density at radius 3 is 2.76 bits per heavy atom. The van der Waals surface area contributed by atoms with Gasteiger partial charge in [-0.25, -0.2) is 4.39 Å². The summed E-state index contributed by atoms with van der Waals surface area (Å²) in [6.45, 7) is 0.369. The van der Waals surface area contributed by atoms with Gasteiger partial charge in [-0.1, -0.05) is 29.8 Å². The smallest absolute Gasteiger partial charge is 0.266 e. The van der Waals surface area contributed by atoms with E-state index < -0.39 is 11.7 Å². The Balaban J connectivity index is 1.53. The summed E-state index contributed by atoms with van der Waals surface area (Å²) >= 11 is 6.42. The van der Waals surface area contributed by atoms with Crippen LogP contribution in [0.3, 0.4) is 0 Å². The van der Waals surface area contributed by atoms with Crippen molar-refractivity contribution in [1.29, 1.82) is 5.26 Å². The lowest BCUT2D eigenvalue weighted by Gasteiger charge is -2.14. The van der Waals surface area contributed by atoms with Gasteiger partial charge < -0.3 is 24.3 Å². The number of amides is 1. The second kappa shape index (κ2) is 10.1. The second-order valence-electron chi connectivity index (χ2n) is 7.11. The zero-order valence-corrected chi connectivity index (χ0v) is 18.7. The summed E-state index contributed by atoms with van der Waals surface area (Å²) in [6.07, 6.45) is 1.33. The van der Waals surface area contributed by atoms with Crippen molar-refractivity contribution in [3.8, 4) is 29.1 Å². The molecule has 9 heteroatoms. The van der Waals surface area contributed by atoms with Gasteiger partial charge in [0.15, 0.2) is 23.0 Å². The highest BCUT2D eigenvalue weighted by Gasteiger charge is 2.17. The van der Waals surface area contributed by atoms with Gasteiger partial charge in [0.25, 0.3) is 5.91 Å². The van der Waals surface area contributed by atoms with E-state index in [1.165, 1.54) is 37.5 Å². The number of benzene rings is 3. The fraction of sp³-hybridized carbons (Fsp3) is 0.120. The first-order valence-corrected chi connectivity index (χ1v) is 10.4. The van der Waals surface area contributed by atoms with Crippen LogP contribution in [0.2, 0.25) is 5.02 Å². The van der Waals surface area contributed by atoms with E-state index in [1.807, 2.05) is 18.2 Å². The lowest BCUT2D eigenvalue weighted by molar-refractivity contribution is -0.112. The van der Waals surface area contributed by atoms with E-state index in [9.17, 15) is 14.4 Å². The molecule has 3 aromatic rings. The van der Waals surface area contributed by atoms with Crippen molar-refractivity contribution in [2.24, 2.45) is 0 Å². The van der Waals surface area contributed by atoms with Crippen LogP contribution in [-0.4, -0.2) is 19.8 Å². The van der Waals surface area contributed by atoms with E-state index in [2.05, 4.69) is 5.32 Å². The molecule has 0 fully saturated rings. The number of ether oxygens (including phenoxy) is 4. The molecule has 1 aliphatic rings. The van der Waals surface area contributed by atoms with Crippen LogP contribution in [0.1, 0.15) is 11.1 Å². The molecule has 0 aromatic heterocycles. The van der Waals surface area contributed by atoms with Crippen LogP contribution in [0.5, 0.6) is 23.0 Å². The largest absolute Gasteiger partial charge is 0.493 e. The van der Waals surface area contributed by atoms with E-state index in [1.54, 1.807) is 18.2 Å². The van der Waals surface area contributed by atoms with Crippen LogP contribution >= 0.6 is 11.6 Å². The molecule has 3 aromatic carbocycles. The van der Waals surface area contributed by atoms with Crippen molar-refractivity contribution < 1.29 is 28.1 Å². The number of nitriles is 1. The molecule has 0 saturated carbocycles. The first-order valence-electron chi connectivity index (χ1n) is 10.0. The van der Waals surface area contributed by atoms with Gasteiger partial charge in [0.05, 0.1) is 17.8 Å². The van der Waals surface area contributed by atoms with Crippen LogP contribution in [0.25, 0.3) is 6.08 Å². The molecular formula is C25H18ClFN2O5. The van der Waals surface area contributed by atoms with E-state index in [4.69, 9.17) is 30.5 Å². The van der Waals surface area contributed by atoms with Crippen molar-refractivity contribution in [1.82, 2.24) is 0 Å². The van der Waals surface area contributed by atoms with E-state index >= 15 is 0 Å². The predicted molar refractivity (Wildman–Crippen MR) is 124 cm³/mol. The Bertz CT molecular complexity index is 1320. The summed E-state index contributed by atoms with van der Waals surface area (Å²) in [5.41, 5.74) is 0.993. The number of halogens is 2. The Hall–Kier alpha value is -4.22. The Labute approximate surface area is 199 Å². The molecule has 0 atom stereocenters. The van der Waals surface area contributed by atoms with Gasteiger partial charge >= 0.3 is 0 Å². The molecule has 1 N–H and O–H groups in total. The summed E-state index contributed by atoms with van der Waals surface area (Å²) in [5.74, 6) is 0.549. The van der Waals surface area contributed by atoms with Gasteiger partial charge in [-0.15, -0.1) is 0 Å². The molecule has 0 aliphatic carbocycles. The van der Waals surface area contributed by atoms with Crippen LogP contribution in [-0.2, 0) is 11.4 Å². The molecule has 34 heavy (non-hydrogen) atoms. The average Bonchev–Trinajstić information content (AvgIpc) is 3.31. The van der Waals surface area contributed by atoms with E-state index in [0.29, 0.717) is 28.6 Å². The number of nitrogens with zero attached hydrogens (tertiary/aromatic N) is 1. The lowest BCUT2D eigenvalue weighted by Crippen LogP contribution is -2.14. The maximum atomic E-state index is 13.8. The number of para-hydroxylation sites is 1. The molecule has 1 heterocycles. The summed E-state index contributed by atoms with van der Waals surface area (Å²) in [5, 5.41) is 12.1. The van der Waals surface area contributed by atoms with Crippen molar-refractivity contribution in [3.63, 3.8) is 0 Å². The summed E-state index contributed by atoms with van der Waals surface area (Å²) < 4.78 is 35.8. The predicted octanol–water partition coefficient (Wildman–Crippen LogP) is 5.34. The Morgan fingerprint density at radius 1 is 1.21 bits per heavy atom. The molecule has 0 unspecified atom stereocenters. The second-order valence-corrected chi connectivity index (χ2v) is 7.52. The number of rotatable bonds is 7. The summed E-state index contributed by atoms with van der Waals surface area (Å²) in [7, 11) is 1.45. The van der Waals surface area contributed by atoms with Gasteiger partial charge in [0.2, 0.25) is 6.79 Å². The Morgan fingerprint density at radius 2 is 2.00 bits per heavy atom. The number of carbonyl (C=O) groups is 1. The highest BCUT2D eigenvalue weighted by molar-refractivity contribution is 6.32. The third-order valence-corrected chi connectivity index (χ3v) is 5.15. The number of fused-ring (bicyclic) bond motifs is 1. The number of nitrogens with one attached hydrogen (secondary N) is 1. The fourth-order valence-electron chi connectivity index (χ4n) is 3.22. The van der Waals surface area contributed by atoms with E-state index in [0.717, 1.165) is 5.56 Å². The first-order chi connectivity index (χ1) is 16.5. The third-order valence-electron chi connectivity index (χ3n) is 4.87. The van der Waals surface area contributed by atoms with Gasteiger partial charge in [0, 0.05) is 0 Å². The topological polar surface area (TPSA) is 89.8 Å². The van der Waals surface area contributed by atoms with Crippen LogP contribution in [0, 0.1) is 17.1 Å². The quantitative estimate of drug-likeness (QED) is 0.362. The molecule has 7 nitrogen and oxygen atoms in total. The molecule has 4 rings (SSSR count). The van der Waals surface area contributed by atoms with Gasteiger partial charge in [-0.2, -0.15) is 5.26 Å². The van der Waals surface area contributed by atoms with Gasteiger partial charge in [0.1, 0.15) is 24.1 Å². The molecule has 0 bridgehead atoms. The normalized spacial score (nSPS) is 12.1. The number of hydrogen-bond acceptors (Lipinski definition) is 6. The minimum atomic E-state index is -0.758. The monoisotopic (exact) mass is 480 g/mol. The molecule has 172 valence electrons. The summed E-state index contributed by atoms with van der Waals surface area (Å²) in [4.78, 5) is 12.5. The minimum absolute atomic E-state index is 0.0310. The van der Waals surface area contributed by atoms with Gasteiger partial charge in [-0.05, 0) is 53.6 Å². The van der Waals surface area contributed by atoms with Gasteiger partial charge in [-0.3, -0.25) is 4.79 Å². The molecule has 0 radical (unpaired) electrons. The highest BCUT2D eigenvalue weighted by atomic mass is 35.5. The average molecular weight is 481 g/mol. The van der Waals surface area contributed by atoms with Crippen molar-refractivity contribution >= 4 is 29.3 Å². The number of hydrogen-bond donors (Lipinski definition) is 1. The maximum Gasteiger partial charge on any atom is 0.266 e. The summed E-state index contributed by atoms with van der Waals surface area (Å²) in [6, 6.07) is 16.1. The number of anilines is 1. The minimum Gasteiger partial charge on any atom is -0.493 e. The lowest BCUT2D eigenvalue weighted by atomic mass is 10.1. The molecule has 0 spiro atoms. The van der Waals surface area contributed by atoms with Crippen molar-refractivity contribution in [3.05, 3.63) is 82.1 Å². The molecular weight excluding hydrogens is 463 g/mol. The molecule has 1 amide bonds. The molecule has 0 saturated heterocycles. The fourth-order valence-corrected chi connectivity index (χ4v) is 3.49. The zero-order valence-electron chi connectivity index (χ0n) is 17.9. The number of carbonyl (C=O) groups excluding carboxylic acids is 1. The van der Waals surface area contributed by atoms with Crippen LogP contribution in [0.4, 0.5) is 10.1 Å². The Kier molecular flexibility index (Phi) is 6.85. The molecule has 1 aliphatic heterocycles. The maximum absolute atomic E-state index is 13.8. The third kappa shape index (κ3) is 5.05. The number of methoxy groups -OCH3 is 1. The highest BCUT2D eigenvalue weighted by Crippen LogP contribution is 2.38. The standard InChI is InChI=1S/C25H18ClFN2O5/c1-31-23-11-16(8-17(12-28)25(30)29-20-5-3-2-4-19(20)27)9-18(26)24(23)32-13-15-6-7-21-22(10-15)34-14-33-21/h2-11H,13-14H2,1H3,(H,29,30)/b17-8-.